The minimum absolute atomic E-state index is 0. The number of benzene rings is 1. The van der Waals surface area contributed by atoms with Gasteiger partial charge in [0.25, 0.3) is 0 Å². The lowest BCUT2D eigenvalue weighted by Crippen LogP contribution is -1.77. The topological polar surface area (TPSA) is 0 Å². The average Bonchev–Trinajstić information content (AvgIpc) is 1.59. The van der Waals surface area contributed by atoms with Crippen LogP contribution in [0, 0.1) is 11.6 Å². The molecule has 0 aliphatic rings. The molecule has 1 rings (SSSR count). The molecule has 0 aliphatic heterocycles. The molecule has 0 aromatic heterocycles. The van der Waals surface area contributed by atoms with E-state index in [4.69, 9.17) is 0 Å². The van der Waals surface area contributed by atoms with Gasteiger partial charge in [0.1, 0.15) is 11.6 Å². The Morgan fingerprint density at radius 3 is 1.29 bits per heavy atom. The summed E-state index contributed by atoms with van der Waals surface area (Å²) in [7, 11) is 0. The van der Waals surface area contributed by atoms with Crippen LogP contribution in [0.1, 0.15) is 0 Å². The molecular weight excluding hydrogens is 254 g/mol. The minimum atomic E-state index is -0.625. The lowest BCUT2D eigenvalue weighted by molar-refractivity contribution is 0.577. The van der Waals surface area contributed by atoms with E-state index in [1.54, 1.807) is 0 Å². The van der Waals surface area contributed by atoms with E-state index >= 15 is 0 Å². The van der Waals surface area contributed by atoms with Crippen molar-refractivity contribution in [2.75, 3.05) is 0 Å². The van der Waals surface area contributed by atoms with Gasteiger partial charge in [-0.25, -0.2) is 8.78 Å². The van der Waals surface area contributed by atoms with Gasteiger partial charge >= 0.3 is 0 Å². The molecule has 8 heteroatoms. The summed E-state index contributed by atoms with van der Waals surface area (Å²) in [6, 6.07) is 2.98. The fourth-order valence-corrected chi connectivity index (χ4v) is 0.754. The van der Waals surface area contributed by atoms with Gasteiger partial charge in [-0.05, 0) is 12.1 Å². The zero-order valence-corrected chi connectivity index (χ0v) is 8.07. The second-order valence-electron chi connectivity index (χ2n) is 1.61. The molecule has 0 atom stereocenters. The maximum atomic E-state index is 12.1. The Morgan fingerprint density at radius 1 is 0.786 bits per heavy atom. The van der Waals surface area contributed by atoms with E-state index < -0.39 is 11.6 Å². The van der Waals surface area contributed by atoms with Gasteiger partial charge in [0.05, 0.1) is 0 Å². The lowest BCUT2D eigenvalue weighted by atomic mass is 10.3. The van der Waals surface area contributed by atoms with Crippen molar-refractivity contribution in [1.29, 1.82) is 0 Å². The van der Waals surface area contributed by atoms with Gasteiger partial charge in [-0.15, -0.1) is 12.4 Å². The fourth-order valence-electron chi connectivity index (χ4n) is 0.529. The quantitative estimate of drug-likeness (QED) is 0.627. The SMILES string of the molecule is Cl.F.F.F.F.Fc1cc(F)cc([S])c1. The zero-order valence-electron chi connectivity index (χ0n) is 6.44. The van der Waals surface area contributed by atoms with Crippen LogP contribution in [-0.4, -0.2) is 0 Å². The summed E-state index contributed by atoms with van der Waals surface area (Å²) in [5.41, 5.74) is 0. The molecular formula is C6H8ClF6S. The van der Waals surface area contributed by atoms with E-state index in [0.29, 0.717) is 0 Å². The smallest absolute Gasteiger partial charge is 0.127 e. The first kappa shape index (κ1) is 29.2. The van der Waals surface area contributed by atoms with Crippen LogP contribution in [0.4, 0.5) is 27.6 Å². The van der Waals surface area contributed by atoms with E-state index in [1.165, 1.54) is 0 Å². The fraction of sp³-hybridized carbons (Fsp3) is 0. The molecule has 0 spiro atoms. The van der Waals surface area contributed by atoms with E-state index in [9.17, 15) is 8.78 Å². The lowest BCUT2D eigenvalue weighted by Gasteiger charge is -1.89. The first-order chi connectivity index (χ1) is 4.18. The van der Waals surface area contributed by atoms with Crippen molar-refractivity contribution in [3.8, 4) is 0 Å². The van der Waals surface area contributed by atoms with Crippen LogP contribution >= 0.6 is 25.0 Å². The largest absolute Gasteiger partial charge is 0.269 e. The maximum absolute atomic E-state index is 12.1. The third-order valence-electron chi connectivity index (χ3n) is 0.836. The van der Waals surface area contributed by atoms with Gasteiger partial charge in [-0.3, -0.25) is 18.8 Å². The zero-order chi connectivity index (χ0) is 6.85. The first-order valence-corrected chi connectivity index (χ1v) is 2.72. The minimum Gasteiger partial charge on any atom is -0.269 e. The van der Waals surface area contributed by atoms with Crippen molar-refractivity contribution in [2.45, 2.75) is 4.90 Å². The summed E-state index contributed by atoms with van der Waals surface area (Å²) in [5, 5.41) is 0. The van der Waals surface area contributed by atoms with E-state index in [-0.39, 0.29) is 36.1 Å². The highest BCUT2D eigenvalue weighted by Gasteiger charge is 1.95. The number of halogens is 7. The summed E-state index contributed by atoms with van der Waals surface area (Å²) in [5.74, 6) is -1.25. The van der Waals surface area contributed by atoms with Crippen LogP contribution in [0.2, 0.25) is 0 Å². The van der Waals surface area contributed by atoms with Crippen molar-refractivity contribution in [1.82, 2.24) is 0 Å². The predicted octanol–water partition coefficient (Wildman–Crippen LogP) is 3.55. The number of hydrogen-bond donors (Lipinski definition) is 0. The van der Waals surface area contributed by atoms with Crippen molar-refractivity contribution in [3.63, 3.8) is 0 Å². The number of hydrogen-bond acceptors (Lipinski definition) is 0. The highest BCUT2D eigenvalue weighted by Crippen LogP contribution is 2.10. The molecule has 0 bridgehead atoms. The van der Waals surface area contributed by atoms with Crippen LogP contribution in [-0.2, 0) is 0 Å². The van der Waals surface area contributed by atoms with Crippen LogP contribution in [0.5, 0.6) is 0 Å². The molecule has 1 aromatic rings. The highest BCUT2D eigenvalue weighted by molar-refractivity contribution is 7.80. The molecule has 0 amide bonds. The summed E-state index contributed by atoms with van der Waals surface area (Å²) in [6.45, 7) is 0. The highest BCUT2D eigenvalue weighted by atomic mass is 35.5. The Balaban J connectivity index is -0.0000000540. The van der Waals surface area contributed by atoms with Gasteiger partial charge in [0.2, 0.25) is 0 Å². The normalized spacial score (nSPS) is 6.14. The molecule has 0 unspecified atom stereocenters. The van der Waals surface area contributed by atoms with Gasteiger partial charge in [-0.1, -0.05) is 12.6 Å². The average molecular weight is 262 g/mol. The Morgan fingerprint density at radius 2 is 1.07 bits per heavy atom. The first-order valence-electron chi connectivity index (χ1n) is 2.31. The molecule has 1 aromatic carbocycles. The Bertz CT molecular complexity index is 183. The second-order valence-corrected chi connectivity index (χ2v) is 2.08. The molecule has 0 N–H and O–H groups in total. The number of rotatable bonds is 0. The summed E-state index contributed by atoms with van der Waals surface area (Å²) < 4.78 is 24.2. The summed E-state index contributed by atoms with van der Waals surface area (Å²) in [6.07, 6.45) is 0. The molecule has 14 heavy (non-hydrogen) atoms. The second kappa shape index (κ2) is 12.3. The molecule has 0 heterocycles. The van der Waals surface area contributed by atoms with Crippen molar-refractivity contribution < 1.29 is 27.6 Å². The molecule has 0 nitrogen and oxygen atoms in total. The standard InChI is InChI=1S/C6H3F2S.ClH.4FH/c7-4-1-5(8)3-6(9)2-4;;;;;/h1-3H;5*1H. The van der Waals surface area contributed by atoms with Crippen LogP contribution < -0.4 is 0 Å². The third-order valence-corrected chi connectivity index (χ3v) is 1.07. The molecule has 0 saturated carbocycles. The Kier molecular flexibility index (Phi) is 25.7. The van der Waals surface area contributed by atoms with Crippen molar-refractivity contribution in [3.05, 3.63) is 29.8 Å². The summed E-state index contributed by atoms with van der Waals surface area (Å²) in [4.78, 5) is 0.188. The van der Waals surface area contributed by atoms with E-state index in [1.807, 2.05) is 0 Å². The van der Waals surface area contributed by atoms with Crippen LogP contribution in [0.15, 0.2) is 23.1 Å². The monoisotopic (exact) mass is 261 g/mol. The molecule has 1 radical (unpaired) electrons. The van der Waals surface area contributed by atoms with Crippen LogP contribution in [0.25, 0.3) is 0 Å². The van der Waals surface area contributed by atoms with Gasteiger partial charge in [-0.2, -0.15) is 0 Å². The van der Waals surface area contributed by atoms with Crippen LogP contribution in [0.3, 0.4) is 0 Å². The molecule has 0 saturated heterocycles. The molecule has 0 aliphatic carbocycles. The van der Waals surface area contributed by atoms with E-state index in [2.05, 4.69) is 12.6 Å². The third kappa shape index (κ3) is 9.40. The van der Waals surface area contributed by atoms with Crippen molar-refractivity contribution >= 4 is 25.0 Å². The summed E-state index contributed by atoms with van der Waals surface area (Å²) >= 11 is 4.51. The Labute approximate surface area is 88.0 Å². The van der Waals surface area contributed by atoms with Gasteiger partial charge in [0, 0.05) is 11.0 Å². The predicted molar refractivity (Wildman–Crippen MR) is 49.5 cm³/mol. The van der Waals surface area contributed by atoms with Gasteiger partial charge < -0.3 is 0 Å². The Hall–Kier alpha value is -0.690. The maximum Gasteiger partial charge on any atom is 0.127 e. The van der Waals surface area contributed by atoms with E-state index in [0.717, 1.165) is 18.2 Å². The van der Waals surface area contributed by atoms with Crippen molar-refractivity contribution in [2.24, 2.45) is 0 Å². The molecule has 87 valence electrons. The molecule has 0 fully saturated rings. The van der Waals surface area contributed by atoms with Gasteiger partial charge in [0.15, 0.2) is 0 Å².